The Morgan fingerprint density at radius 3 is 1.53 bits per heavy atom. The van der Waals surface area contributed by atoms with Gasteiger partial charge in [0.05, 0.1) is 6.61 Å². The van der Waals surface area contributed by atoms with E-state index in [0.29, 0.717) is 5.56 Å². The van der Waals surface area contributed by atoms with Gasteiger partial charge in [0.1, 0.15) is 12.0 Å². The van der Waals surface area contributed by atoms with Crippen LogP contribution in [0.5, 0.6) is 5.75 Å². The second-order valence-corrected chi connectivity index (χ2v) is 9.30. The van der Waals surface area contributed by atoms with Crippen molar-refractivity contribution in [2.75, 3.05) is 6.61 Å². The van der Waals surface area contributed by atoms with Gasteiger partial charge in [0.25, 0.3) is 0 Å². The SMILES string of the molecule is CCCCCCCCCCCCC#CC#CCCCCCCCCCOc1ccc(C=O)cc1. The summed E-state index contributed by atoms with van der Waals surface area (Å²) in [5.41, 5.74) is 0.686. The zero-order valence-electron chi connectivity index (χ0n) is 21.8. The summed E-state index contributed by atoms with van der Waals surface area (Å²) in [4.78, 5) is 10.6. The fourth-order valence-electron chi connectivity index (χ4n) is 3.95. The van der Waals surface area contributed by atoms with Gasteiger partial charge >= 0.3 is 0 Å². The van der Waals surface area contributed by atoms with Gasteiger partial charge in [-0.2, -0.15) is 0 Å². The first kappa shape index (κ1) is 29.8. The molecule has 0 aliphatic carbocycles. The van der Waals surface area contributed by atoms with Crippen LogP contribution in [-0.4, -0.2) is 12.9 Å². The van der Waals surface area contributed by atoms with Gasteiger partial charge in [0, 0.05) is 18.4 Å². The van der Waals surface area contributed by atoms with Gasteiger partial charge in [-0.05, 0) is 55.4 Å². The Morgan fingerprint density at radius 1 is 0.618 bits per heavy atom. The predicted octanol–water partition coefficient (Wildman–Crippen LogP) is 9.32. The standard InChI is InChI=1S/C32H48O2/c1-2-3-4-5-6-7-8-9-10-11-12-13-14-15-16-17-18-19-20-21-22-23-24-29-34-32-27-25-31(30-33)26-28-32/h25-28,30H,2-12,17-24,29H2,1H3. The molecule has 0 bridgehead atoms. The molecular weight excluding hydrogens is 416 g/mol. The van der Waals surface area contributed by atoms with Gasteiger partial charge in [-0.3, -0.25) is 4.79 Å². The first-order valence-corrected chi connectivity index (χ1v) is 14.0. The molecule has 1 aromatic carbocycles. The molecule has 0 heterocycles. The molecule has 0 aliphatic rings. The van der Waals surface area contributed by atoms with E-state index < -0.39 is 0 Å². The fraction of sp³-hybridized carbons (Fsp3) is 0.656. The highest BCUT2D eigenvalue weighted by molar-refractivity contribution is 5.74. The third kappa shape index (κ3) is 19.3. The number of benzene rings is 1. The Labute approximate surface area is 210 Å². The molecule has 0 amide bonds. The van der Waals surface area contributed by atoms with E-state index in [2.05, 4.69) is 30.6 Å². The molecular formula is C32H48O2. The van der Waals surface area contributed by atoms with Crippen LogP contribution in [0.15, 0.2) is 24.3 Å². The van der Waals surface area contributed by atoms with Gasteiger partial charge in [-0.1, -0.05) is 109 Å². The predicted molar refractivity (Wildman–Crippen MR) is 146 cm³/mol. The average Bonchev–Trinajstić information content (AvgIpc) is 2.87. The van der Waals surface area contributed by atoms with Crippen LogP contribution in [-0.2, 0) is 0 Å². The van der Waals surface area contributed by atoms with Crippen LogP contribution >= 0.6 is 0 Å². The van der Waals surface area contributed by atoms with Gasteiger partial charge in [0.2, 0.25) is 0 Å². The first-order valence-electron chi connectivity index (χ1n) is 14.0. The molecule has 188 valence electrons. The molecule has 0 fully saturated rings. The van der Waals surface area contributed by atoms with Gasteiger partial charge in [0.15, 0.2) is 0 Å². The van der Waals surface area contributed by atoms with Crippen LogP contribution in [0.2, 0.25) is 0 Å². The minimum absolute atomic E-state index is 0.686. The lowest BCUT2D eigenvalue weighted by molar-refractivity contribution is 0.112. The summed E-state index contributed by atoms with van der Waals surface area (Å²) in [5, 5.41) is 0. The Balaban J connectivity index is 1.80. The minimum atomic E-state index is 0.686. The molecule has 0 N–H and O–H groups in total. The molecule has 0 aromatic heterocycles. The van der Waals surface area contributed by atoms with Crippen LogP contribution in [0.4, 0.5) is 0 Å². The average molecular weight is 465 g/mol. The number of hydrogen-bond donors (Lipinski definition) is 0. The largest absolute Gasteiger partial charge is 0.494 e. The lowest BCUT2D eigenvalue weighted by Gasteiger charge is -2.06. The van der Waals surface area contributed by atoms with Crippen molar-refractivity contribution in [3.63, 3.8) is 0 Å². The molecule has 1 aromatic rings. The summed E-state index contributed by atoms with van der Waals surface area (Å²) in [7, 11) is 0. The Bertz CT molecular complexity index is 711. The van der Waals surface area contributed by atoms with E-state index in [0.717, 1.165) is 37.9 Å². The number of aldehydes is 1. The summed E-state index contributed by atoms with van der Waals surface area (Å²) >= 11 is 0. The second kappa shape index (κ2) is 24.0. The van der Waals surface area contributed by atoms with Crippen molar-refractivity contribution in [2.24, 2.45) is 0 Å². The highest BCUT2D eigenvalue weighted by Crippen LogP contribution is 2.13. The van der Waals surface area contributed by atoms with Crippen molar-refractivity contribution in [3.8, 4) is 29.4 Å². The maximum absolute atomic E-state index is 10.6. The van der Waals surface area contributed by atoms with Crippen LogP contribution in [0.1, 0.15) is 139 Å². The fourth-order valence-corrected chi connectivity index (χ4v) is 3.95. The number of carbonyl (C=O) groups is 1. The molecule has 0 spiro atoms. The van der Waals surface area contributed by atoms with E-state index in [9.17, 15) is 4.79 Å². The smallest absolute Gasteiger partial charge is 0.150 e. The summed E-state index contributed by atoms with van der Waals surface area (Å²) in [6.07, 6.45) is 25.2. The number of unbranched alkanes of at least 4 members (excludes halogenated alkanes) is 17. The van der Waals surface area contributed by atoms with Gasteiger partial charge < -0.3 is 4.74 Å². The van der Waals surface area contributed by atoms with Crippen molar-refractivity contribution < 1.29 is 9.53 Å². The third-order valence-corrected chi connectivity index (χ3v) is 6.13. The summed E-state index contributed by atoms with van der Waals surface area (Å²) < 4.78 is 5.71. The van der Waals surface area contributed by atoms with Crippen LogP contribution in [0.25, 0.3) is 0 Å². The number of hydrogen-bond acceptors (Lipinski definition) is 2. The molecule has 2 nitrogen and oxygen atoms in total. The molecule has 0 unspecified atom stereocenters. The third-order valence-electron chi connectivity index (χ3n) is 6.13. The molecule has 1 rings (SSSR count). The maximum atomic E-state index is 10.6. The van der Waals surface area contributed by atoms with Gasteiger partial charge in [-0.25, -0.2) is 0 Å². The van der Waals surface area contributed by atoms with Gasteiger partial charge in [-0.15, -0.1) is 0 Å². The Morgan fingerprint density at radius 2 is 1.06 bits per heavy atom. The van der Waals surface area contributed by atoms with Crippen molar-refractivity contribution >= 4 is 6.29 Å². The lowest BCUT2D eigenvalue weighted by atomic mass is 10.1. The van der Waals surface area contributed by atoms with E-state index >= 15 is 0 Å². The van der Waals surface area contributed by atoms with Crippen LogP contribution in [0, 0.1) is 23.7 Å². The number of carbonyl (C=O) groups excluding carboxylic acids is 1. The van der Waals surface area contributed by atoms with Crippen LogP contribution < -0.4 is 4.74 Å². The first-order chi connectivity index (χ1) is 16.9. The summed E-state index contributed by atoms with van der Waals surface area (Å²) in [6.45, 7) is 3.02. The van der Waals surface area contributed by atoms with E-state index in [4.69, 9.17) is 4.74 Å². The zero-order valence-corrected chi connectivity index (χ0v) is 21.8. The van der Waals surface area contributed by atoms with Crippen LogP contribution in [0.3, 0.4) is 0 Å². The monoisotopic (exact) mass is 464 g/mol. The number of ether oxygens (including phenoxy) is 1. The van der Waals surface area contributed by atoms with Crippen molar-refractivity contribution in [2.45, 2.75) is 129 Å². The molecule has 0 saturated heterocycles. The maximum Gasteiger partial charge on any atom is 0.150 e. The van der Waals surface area contributed by atoms with Crippen molar-refractivity contribution in [1.82, 2.24) is 0 Å². The molecule has 0 radical (unpaired) electrons. The van der Waals surface area contributed by atoms with Crippen molar-refractivity contribution in [1.29, 1.82) is 0 Å². The van der Waals surface area contributed by atoms with E-state index in [1.54, 1.807) is 12.1 Å². The molecule has 0 aliphatic heterocycles. The van der Waals surface area contributed by atoms with E-state index in [1.807, 2.05) is 12.1 Å². The van der Waals surface area contributed by atoms with E-state index in [1.165, 1.54) is 103 Å². The van der Waals surface area contributed by atoms with E-state index in [-0.39, 0.29) is 0 Å². The Kier molecular flexibility index (Phi) is 21.0. The molecule has 2 heteroatoms. The molecule has 0 saturated carbocycles. The quantitative estimate of drug-likeness (QED) is 0.103. The zero-order chi connectivity index (χ0) is 24.4. The highest BCUT2D eigenvalue weighted by Gasteiger charge is 1.96. The summed E-state index contributed by atoms with van der Waals surface area (Å²) in [6, 6.07) is 7.30. The minimum Gasteiger partial charge on any atom is -0.494 e. The topological polar surface area (TPSA) is 26.3 Å². The Hall–Kier alpha value is -2.19. The molecule has 0 atom stereocenters. The number of rotatable bonds is 21. The highest BCUT2D eigenvalue weighted by atomic mass is 16.5. The normalized spacial score (nSPS) is 10.1. The summed E-state index contributed by atoms with van der Waals surface area (Å²) in [5.74, 6) is 13.3. The lowest BCUT2D eigenvalue weighted by Crippen LogP contribution is -1.97. The van der Waals surface area contributed by atoms with Crippen molar-refractivity contribution in [3.05, 3.63) is 29.8 Å². The molecule has 34 heavy (non-hydrogen) atoms. The second-order valence-electron chi connectivity index (χ2n) is 9.30.